The molecule has 8 nitrogen and oxygen atoms in total. The van der Waals surface area contributed by atoms with Crippen LogP contribution < -0.4 is 4.74 Å². The standard InChI is InChI=1S/C20H23NO7S/c1-4-26-13-5-6-15-14(9-13)12(2)18(28-15)20(24)27-11-17(22)21-7-8-29-16(10-21)19(23)25-3/h5-6,9,16H,4,7-8,10-11H2,1-3H3/t16-/m1/s1. The highest BCUT2D eigenvalue weighted by molar-refractivity contribution is 8.00. The molecule has 3 rings (SSSR count). The van der Waals surface area contributed by atoms with Crippen LogP contribution in [0.1, 0.15) is 23.0 Å². The topological polar surface area (TPSA) is 95.3 Å². The average molecular weight is 421 g/mol. The third kappa shape index (κ3) is 4.67. The second-order valence-corrected chi connectivity index (χ2v) is 7.76. The Morgan fingerprint density at radius 3 is 2.83 bits per heavy atom. The van der Waals surface area contributed by atoms with Crippen molar-refractivity contribution in [2.45, 2.75) is 19.1 Å². The number of fused-ring (bicyclic) bond motifs is 1. The van der Waals surface area contributed by atoms with Crippen LogP contribution in [-0.2, 0) is 19.1 Å². The van der Waals surface area contributed by atoms with Gasteiger partial charge in [0.25, 0.3) is 5.91 Å². The minimum Gasteiger partial charge on any atom is -0.494 e. The Kier molecular flexibility index (Phi) is 6.68. The largest absolute Gasteiger partial charge is 0.494 e. The molecule has 1 fully saturated rings. The van der Waals surface area contributed by atoms with Crippen molar-refractivity contribution in [3.8, 4) is 5.75 Å². The van der Waals surface area contributed by atoms with E-state index in [1.54, 1.807) is 25.1 Å². The molecule has 0 aliphatic carbocycles. The van der Waals surface area contributed by atoms with Crippen LogP contribution in [-0.4, -0.2) is 67.2 Å². The first-order valence-corrected chi connectivity index (χ1v) is 10.3. The second-order valence-electron chi connectivity index (χ2n) is 6.45. The van der Waals surface area contributed by atoms with Gasteiger partial charge in [-0.3, -0.25) is 9.59 Å². The number of hydrogen-bond donors (Lipinski definition) is 0. The zero-order valence-corrected chi connectivity index (χ0v) is 17.4. The average Bonchev–Trinajstić information content (AvgIpc) is 3.07. The van der Waals surface area contributed by atoms with E-state index in [1.165, 1.54) is 23.8 Å². The molecule has 9 heteroatoms. The number of thioether (sulfide) groups is 1. The zero-order valence-electron chi connectivity index (χ0n) is 16.6. The lowest BCUT2D eigenvalue weighted by Crippen LogP contribution is -2.46. The number of nitrogens with zero attached hydrogens (tertiary/aromatic N) is 1. The SMILES string of the molecule is CCOc1ccc2oc(C(=O)OCC(=O)N3CCS[C@@H](C(=O)OC)C3)c(C)c2c1. The summed E-state index contributed by atoms with van der Waals surface area (Å²) < 4.78 is 21.0. The minimum absolute atomic E-state index is 0.0584. The maximum absolute atomic E-state index is 12.5. The van der Waals surface area contributed by atoms with Gasteiger partial charge in [-0.25, -0.2) is 4.79 Å². The first-order chi connectivity index (χ1) is 13.9. The quantitative estimate of drug-likeness (QED) is 0.657. The van der Waals surface area contributed by atoms with Crippen molar-refractivity contribution >= 4 is 40.6 Å². The van der Waals surface area contributed by atoms with Gasteiger partial charge in [-0.2, -0.15) is 0 Å². The molecular formula is C20H23NO7S. The summed E-state index contributed by atoms with van der Waals surface area (Å²) in [4.78, 5) is 38.1. The van der Waals surface area contributed by atoms with Gasteiger partial charge >= 0.3 is 11.9 Å². The lowest BCUT2D eigenvalue weighted by molar-refractivity contribution is -0.141. The molecule has 1 aromatic heterocycles. The molecule has 2 heterocycles. The van der Waals surface area contributed by atoms with Gasteiger partial charge in [0.15, 0.2) is 6.61 Å². The minimum atomic E-state index is -0.707. The number of benzene rings is 1. The molecule has 2 aromatic rings. The van der Waals surface area contributed by atoms with Crippen molar-refractivity contribution in [2.24, 2.45) is 0 Å². The molecule has 0 unspecified atom stereocenters. The van der Waals surface area contributed by atoms with Crippen molar-refractivity contribution in [1.29, 1.82) is 0 Å². The Labute approximate surface area is 172 Å². The summed E-state index contributed by atoms with van der Waals surface area (Å²) in [6.07, 6.45) is 0. The lowest BCUT2D eigenvalue weighted by Gasteiger charge is -2.30. The van der Waals surface area contributed by atoms with Gasteiger partial charge in [0.2, 0.25) is 5.76 Å². The Morgan fingerprint density at radius 1 is 1.31 bits per heavy atom. The van der Waals surface area contributed by atoms with E-state index in [0.717, 1.165) is 5.39 Å². The van der Waals surface area contributed by atoms with E-state index in [0.29, 0.717) is 35.8 Å². The van der Waals surface area contributed by atoms with Gasteiger partial charge in [-0.1, -0.05) is 0 Å². The van der Waals surface area contributed by atoms with Gasteiger partial charge in [-0.05, 0) is 32.0 Å². The number of methoxy groups -OCH3 is 1. The van der Waals surface area contributed by atoms with Gasteiger partial charge in [0.1, 0.15) is 16.6 Å². The van der Waals surface area contributed by atoms with Crippen molar-refractivity contribution in [3.63, 3.8) is 0 Å². The van der Waals surface area contributed by atoms with Crippen LogP contribution in [0.4, 0.5) is 0 Å². The van der Waals surface area contributed by atoms with Crippen molar-refractivity contribution in [1.82, 2.24) is 4.90 Å². The molecule has 0 spiro atoms. The first-order valence-electron chi connectivity index (χ1n) is 9.24. The molecule has 0 radical (unpaired) electrons. The van der Waals surface area contributed by atoms with E-state index in [9.17, 15) is 14.4 Å². The number of hydrogen-bond acceptors (Lipinski definition) is 8. The molecule has 1 atom stereocenters. The fourth-order valence-electron chi connectivity index (χ4n) is 3.09. The molecule has 0 bridgehead atoms. The molecule has 0 N–H and O–H groups in total. The van der Waals surface area contributed by atoms with E-state index in [1.807, 2.05) is 6.92 Å². The maximum atomic E-state index is 12.5. The van der Waals surface area contributed by atoms with Gasteiger partial charge < -0.3 is 23.5 Å². The molecular weight excluding hydrogens is 398 g/mol. The van der Waals surface area contributed by atoms with E-state index in [-0.39, 0.29) is 24.2 Å². The normalized spacial score (nSPS) is 16.5. The fraction of sp³-hybridized carbons (Fsp3) is 0.450. The first kappa shape index (κ1) is 21.0. The van der Waals surface area contributed by atoms with Crippen LogP contribution in [0, 0.1) is 6.92 Å². The summed E-state index contributed by atoms with van der Waals surface area (Å²) in [5, 5.41) is 0.328. The summed E-state index contributed by atoms with van der Waals surface area (Å²) in [7, 11) is 1.32. The highest BCUT2D eigenvalue weighted by Crippen LogP contribution is 2.29. The van der Waals surface area contributed by atoms with E-state index in [4.69, 9.17) is 18.6 Å². The molecule has 1 amide bonds. The number of carbonyl (C=O) groups excluding carboxylic acids is 3. The molecule has 1 saturated heterocycles. The van der Waals surface area contributed by atoms with Crippen molar-refractivity contribution in [3.05, 3.63) is 29.5 Å². The monoisotopic (exact) mass is 421 g/mol. The predicted octanol–water partition coefficient (Wildman–Crippen LogP) is 2.41. The molecule has 1 aromatic carbocycles. The molecule has 156 valence electrons. The van der Waals surface area contributed by atoms with Crippen LogP contribution in [0.2, 0.25) is 0 Å². The number of esters is 2. The third-order valence-corrected chi connectivity index (χ3v) is 5.78. The number of furan rings is 1. The van der Waals surface area contributed by atoms with Crippen LogP contribution >= 0.6 is 11.8 Å². The number of ether oxygens (including phenoxy) is 3. The summed E-state index contributed by atoms with van der Waals surface area (Å²) in [5.74, 6) is -0.0792. The number of carbonyl (C=O) groups is 3. The van der Waals surface area contributed by atoms with Crippen LogP contribution in [0.5, 0.6) is 5.75 Å². The Bertz CT molecular complexity index is 923. The second kappa shape index (κ2) is 9.21. The smallest absolute Gasteiger partial charge is 0.375 e. The number of aryl methyl sites for hydroxylation is 1. The molecule has 1 aliphatic heterocycles. The van der Waals surface area contributed by atoms with Gasteiger partial charge in [-0.15, -0.1) is 11.8 Å². The highest BCUT2D eigenvalue weighted by Gasteiger charge is 2.30. The van der Waals surface area contributed by atoms with E-state index >= 15 is 0 Å². The maximum Gasteiger partial charge on any atom is 0.375 e. The summed E-state index contributed by atoms with van der Waals surface area (Å²) in [6, 6.07) is 5.30. The number of amides is 1. The van der Waals surface area contributed by atoms with Crippen LogP contribution in [0.15, 0.2) is 22.6 Å². The number of rotatable bonds is 6. The molecule has 0 saturated carbocycles. The predicted molar refractivity (Wildman–Crippen MR) is 107 cm³/mol. The lowest BCUT2D eigenvalue weighted by atomic mass is 10.1. The highest BCUT2D eigenvalue weighted by atomic mass is 32.2. The van der Waals surface area contributed by atoms with Crippen LogP contribution in [0.25, 0.3) is 11.0 Å². The van der Waals surface area contributed by atoms with Crippen molar-refractivity contribution in [2.75, 3.05) is 39.2 Å². The van der Waals surface area contributed by atoms with Gasteiger partial charge in [0.05, 0.1) is 13.7 Å². The summed E-state index contributed by atoms with van der Waals surface area (Å²) in [6.45, 7) is 4.47. The van der Waals surface area contributed by atoms with Gasteiger partial charge in [0, 0.05) is 29.8 Å². The fourth-order valence-corrected chi connectivity index (χ4v) is 4.21. The van der Waals surface area contributed by atoms with E-state index < -0.39 is 17.8 Å². The molecule has 29 heavy (non-hydrogen) atoms. The van der Waals surface area contributed by atoms with Crippen LogP contribution in [0.3, 0.4) is 0 Å². The zero-order chi connectivity index (χ0) is 21.0. The summed E-state index contributed by atoms with van der Waals surface area (Å²) >= 11 is 1.45. The Morgan fingerprint density at radius 2 is 2.10 bits per heavy atom. The van der Waals surface area contributed by atoms with Crippen molar-refractivity contribution < 1.29 is 33.0 Å². The third-order valence-electron chi connectivity index (χ3n) is 4.61. The summed E-state index contributed by atoms with van der Waals surface area (Å²) in [5.41, 5.74) is 1.16. The Balaban J connectivity index is 1.63. The van der Waals surface area contributed by atoms with E-state index in [2.05, 4.69) is 0 Å². The molecule has 1 aliphatic rings. The Hall–Kier alpha value is -2.68.